The fourth-order valence-electron chi connectivity index (χ4n) is 2.65. The SMILES string of the molecule is C[C@@]1(c2ccc(OC(F)F)cc2)NC(=O)N(CC(=O)NC2CC2)C1=O. The number of hydrogen-bond donors (Lipinski definition) is 2. The summed E-state index contributed by atoms with van der Waals surface area (Å²) in [5.41, 5.74) is -0.974. The summed E-state index contributed by atoms with van der Waals surface area (Å²) < 4.78 is 28.7. The van der Waals surface area contributed by atoms with Crippen molar-refractivity contribution in [1.29, 1.82) is 0 Å². The number of carbonyl (C=O) groups excluding carboxylic acids is 3. The smallest absolute Gasteiger partial charge is 0.387 e. The number of urea groups is 1. The lowest BCUT2D eigenvalue weighted by Gasteiger charge is -2.22. The quantitative estimate of drug-likeness (QED) is 0.756. The molecular weight excluding hydrogens is 336 g/mol. The van der Waals surface area contributed by atoms with E-state index < -0.39 is 30.0 Å². The zero-order chi connectivity index (χ0) is 18.2. The van der Waals surface area contributed by atoms with E-state index in [4.69, 9.17) is 0 Å². The van der Waals surface area contributed by atoms with Gasteiger partial charge in [-0.05, 0) is 37.5 Å². The first kappa shape index (κ1) is 17.1. The molecule has 1 saturated carbocycles. The third-order valence-corrected chi connectivity index (χ3v) is 4.18. The van der Waals surface area contributed by atoms with Gasteiger partial charge in [0.2, 0.25) is 5.91 Å². The number of ether oxygens (including phenoxy) is 1. The number of nitrogens with zero attached hydrogens (tertiary/aromatic N) is 1. The van der Waals surface area contributed by atoms with Crippen molar-refractivity contribution in [3.63, 3.8) is 0 Å². The first-order chi connectivity index (χ1) is 11.8. The molecule has 2 N–H and O–H groups in total. The summed E-state index contributed by atoms with van der Waals surface area (Å²) in [5.74, 6) is -1.03. The van der Waals surface area contributed by atoms with E-state index >= 15 is 0 Å². The number of alkyl halides is 2. The Morgan fingerprint density at radius 3 is 2.56 bits per heavy atom. The fraction of sp³-hybridized carbons (Fsp3) is 0.438. The Labute approximate surface area is 142 Å². The highest BCUT2D eigenvalue weighted by atomic mass is 19.3. The molecule has 1 heterocycles. The molecule has 2 aliphatic rings. The van der Waals surface area contributed by atoms with Crippen LogP contribution in [0.25, 0.3) is 0 Å². The van der Waals surface area contributed by atoms with Crippen molar-refractivity contribution in [3.8, 4) is 5.75 Å². The second kappa shape index (κ2) is 6.30. The molecule has 9 heteroatoms. The lowest BCUT2D eigenvalue weighted by Crippen LogP contribution is -2.43. The van der Waals surface area contributed by atoms with Gasteiger partial charge >= 0.3 is 12.6 Å². The predicted molar refractivity (Wildman–Crippen MR) is 81.8 cm³/mol. The number of nitrogens with one attached hydrogen (secondary N) is 2. The maximum absolute atomic E-state index is 12.6. The predicted octanol–water partition coefficient (Wildman–Crippen LogP) is 1.33. The summed E-state index contributed by atoms with van der Waals surface area (Å²) in [5, 5.41) is 5.26. The molecule has 4 amide bonds. The van der Waals surface area contributed by atoms with Gasteiger partial charge in [0, 0.05) is 6.04 Å². The van der Waals surface area contributed by atoms with Crippen LogP contribution >= 0.6 is 0 Å². The van der Waals surface area contributed by atoms with Crippen molar-refractivity contribution in [2.45, 2.75) is 38.0 Å². The summed E-state index contributed by atoms with van der Waals surface area (Å²) in [6.45, 7) is -1.81. The van der Waals surface area contributed by atoms with Crippen LogP contribution in [0.1, 0.15) is 25.3 Å². The van der Waals surface area contributed by atoms with Crippen molar-refractivity contribution in [2.24, 2.45) is 0 Å². The highest BCUT2D eigenvalue weighted by molar-refractivity contribution is 6.09. The number of hydrogen-bond acceptors (Lipinski definition) is 4. The molecule has 1 saturated heterocycles. The van der Waals surface area contributed by atoms with Gasteiger partial charge in [0.25, 0.3) is 5.91 Å². The zero-order valence-electron chi connectivity index (χ0n) is 13.4. The van der Waals surface area contributed by atoms with Crippen LogP contribution in [0.5, 0.6) is 5.75 Å². The molecule has 1 aliphatic carbocycles. The monoisotopic (exact) mass is 353 g/mol. The minimum atomic E-state index is -2.95. The topological polar surface area (TPSA) is 87.7 Å². The van der Waals surface area contributed by atoms with Crippen LogP contribution < -0.4 is 15.4 Å². The molecule has 0 bridgehead atoms. The minimum Gasteiger partial charge on any atom is -0.435 e. The van der Waals surface area contributed by atoms with Gasteiger partial charge in [-0.25, -0.2) is 4.79 Å². The molecule has 0 aromatic heterocycles. The van der Waals surface area contributed by atoms with Gasteiger partial charge in [0.05, 0.1) is 0 Å². The van der Waals surface area contributed by atoms with Gasteiger partial charge in [0.15, 0.2) is 0 Å². The Morgan fingerprint density at radius 2 is 2.00 bits per heavy atom. The van der Waals surface area contributed by atoms with Crippen molar-refractivity contribution in [2.75, 3.05) is 6.54 Å². The average molecular weight is 353 g/mol. The third kappa shape index (κ3) is 3.54. The molecule has 25 heavy (non-hydrogen) atoms. The Hall–Kier alpha value is -2.71. The van der Waals surface area contributed by atoms with Crippen LogP contribution in [0.15, 0.2) is 24.3 Å². The standard InChI is InChI=1S/C16H17F2N3O4/c1-16(9-2-6-11(7-3-9)25-14(17)18)13(23)21(15(24)20-16)8-12(22)19-10-4-5-10/h2-3,6-7,10,14H,4-5,8H2,1H3,(H,19,22)(H,20,24)/t16-/m0/s1. The summed E-state index contributed by atoms with van der Waals surface area (Å²) in [6.07, 6.45) is 1.80. The molecule has 2 fully saturated rings. The van der Waals surface area contributed by atoms with Gasteiger partial charge in [0.1, 0.15) is 17.8 Å². The molecule has 0 radical (unpaired) electrons. The summed E-state index contributed by atoms with van der Waals surface area (Å²) in [7, 11) is 0. The van der Waals surface area contributed by atoms with Gasteiger partial charge in [-0.3, -0.25) is 14.5 Å². The highest BCUT2D eigenvalue weighted by Crippen LogP contribution is 2.30. The first-order valence-corrected chi connectivity index (χ1v) is 7.78. The molecule has 1 aromatic carbocycles. The maximum atomic E-state index is 12.6. The van der Waals surface area contributed by atoms with E-state index in [2.05, 4.69) is 15.4 Å². The van der Waals surface area contributed by atoms with E-state index in [9.17, 15) is 23.2 Å². The van der Waals surface area contributed by atoms with Crippen LogP contribution in [-0.4, -0.2) is 41.9 Å². The zero-order valence-corrected chi connectivity index (χ0v) is 13.4. The molecule has 7 nitrogen and oxygen atoms in total. The lowest BCUT2D eigenvalue weighted by atomic mass is 9.92. The van der Waals surface area contributed by atoms with Gasteiger partial charge in [-0.1, -0.05) is 12.1 Å². The second-order valence-electron chi connectivity index (χ2n) is 6.19. The summed E-state index contributed by atoms with van der Waals surface area (Å²) in [6, 6.07) is 4.87. The van der Waals surface area contributed by atoms with Gasteiger partial charge in [-0.15, -0.1) is 0 Å². The minimum absolute atomic E-state index is 0.0558. The molecular formula is C16H17F2N3O4. The average Bonchev–Trinajstić information content (AvgIpc) is 3.32. The van der Waals surface area contributed by atoms with E-state index in [1.165, 1.54) is 31.2 Å². The van der Waals surface area contributed by atoms with Crippen molar-refractivity contribution in [1.82, 2.24) is 15.5 Å². The van der Waals surface area contributed by atoms with Crippen molar-refractivity contribution in [3.05, 3.63) is 29.8 Å². The second-order valence-corrected chi connectivity index (χ2v) is 6.19. The molecule has 0 spiro atoms. The Morgan fingerprint density at radius 1 is 1.36 bits per heavy atom. The van der Waals surface area contributed by atoms with Gasteiger partial charge in [-0.2, -0.15) is 8.78 Å². The van der Waals surface area contributed by atoms with Crippen LogP contribution in [0.2, 0.25) is 0 Å². The number of benzene rings is 1. The van der Waals surface area contributed by atoms with E-state index in [0.717, 1.165) is 17.7 Å². The number of rotatable bonds is 6. The molecule has 134 valence electrons. The van der Waals surface area contributed by atoms with E-state index in [1.807, 2.05) is 0 Å². The molecule has 1 aromatic rings. The van der Waals surface area contributed by atoms with Crippen LogP contribution in [-0.2, 0) is 15.1 Å². The van der Waals surface area contributed by atoms with E-state index in [1.54, 1.807) is 0 Å². The normalized spacial score (nSPS) is 23.0. The van der Waals surface area contributed by atoms with E-state index in [-0.39, 0.29) is 18.3 Å². The van der Waals surface area contributed by atoms with Gasteiger partial charge < -0.3 is 15.4 Å². The Kier molecular flexibility index (Phi) is 4.32. The summed E-state index contributed by atoms with van der Waals surface area (Å²) >= 11 is 0. The molecule has 1 atom stereocenters. The highest BCUT2D eigenvalue weighted by Gasteiger charge is 2.49. The number of carbonyl (C=O) groups is 3. The molecule has 0 unspecified atom stereocenters. The largest absolute Gasteiger partial charge is 0.435 e. The van der Waals surface area contributed by atoms with Crippen LogP contribution in [0, 0.1) is 0 Å². The fourth-order valence-corrected chi connectivity index (χ4v) is 2.65. The number of amides is 4. The Bertz CT molecular complexity index is 706. The van der Waals surface area contributed by atoms with Crippen LogP contribution in [0.4, 0.5) is 13.6 Å². The van der Waals surface area contributed by atoms with Crippen molar-refractivity contribution >= 4 is 17.8 Å². The first-order valence-electron chi connectivity index (χ1n) is 7.78. The maximum Gasteiger partial charge on any atom is 0.387 e. The molecule has 1 aliphatic heterocycles. The lowest BCUT2D eigenvalue weighted by molar-refractivity contribution is -0.134. The Balaban J connectivity index is 1.73. The number of imide groups is 1. The number of halogens is 2. The molecule has 3 rings (SSSR count). The van der Waals surface area contributed by atoms with E-state index in [0.29, 0.717) is 5.56 Å². The van der Waals surface area contributed by atoms with Crippen molar-refractivity contribution < 1.29 is 27.9 Å². The third-order valence-electron chi connectivity index (χ3n) is 4.18. The summed E-state index contributed by atoms with van der Waals surface area (Å²) in [4.78, 5) is 37.5. The van der Waals surface area contributed by atoms with Crippen LogP contribution in [0.3, 0.4) is 0 Å².